The van der Waals surface area contributed by atoms with E-state index >= 15 is 0 Å². The van der Waals surface area contributed by atoms with Crippen molar-refractivity contribution in [2.45, 2.75) is 33.1 Å². The Morgan fingerprint density at radius 1 is 1.19 bits per heavy atom. The van der Waals surface area contributed by atoms with Gasteiger partial charge in [0.2, 0.25) is 0 Å². The Kier molecular flexibility index (Phi) is 7.98. The van der Waals surface area contributed by atoms with E-state index in [4.69, 9.17) is 6.42 Å². The van der Waals surface area contributed by atoms with E-state index < -0.39 is 11.4 Å². The average molecular weight is 348 g/mol. The number of hydrogen-bond acceptors (Lipinski definition) is 3. The van der Waals surface area contributed by atoms with E-state index in [0.717, 1.165) is 11.1 Å². The largest absolute Gasteiger partial charge is 0.478 e. The normalized spacial score (nSPS) is 13.7. The van der Waals surface area contributed by atoms with E-state index in [-0.39, 0.29) is 5.57 Å². The van der Waals surface area contributed by atoms with Crippen molar-refractivity contribution in [2.24, 2.45) is 0 Å². The third kappa shape index (κ3) is 5.42. The first-order valence-corrected chi connectivity index (χ1v) is 8.39. The Balaban J connectivity index is 0.00000163. The molecule has 4 heteroatoms. The van der Waals surface area contributed by atoms with Crippen LogP contribution >= 0.6 is 0 Å². The van der Waals surface area contributed by atoms with E-state index in [1.54, 1.807) is 43.9 Å². The highest BCUT2D eigenvalue weighted by molar-refractivity contribution is 5.91. The van der Waals surface area contributed by atoms with Gasteiger partial charge in [-0.1, -0.05) is 38.0 Å². The van der Waals surface area contributed by atoms with Crippen LogP contribution in [-0.2, 0) is 10.2 Å². The molecule has 2 heterocycles. The molecule has 2 rings (SSSR count). The molecule has 0 bridgehead atoms. The molecule has 26 heavy (non-hydrogen) atoms. The maximum Gasteiger partial charge on any atom is 0.331 e. The Bertz CT molecular complexity index is 818. The van der Waals surface area contributed by atoms with Gasteiger partial charge in [-0.15, -0.1) is 6.42 Å². The lowest BCUT2D eigenvalue weighted by Crippen LogP contribution is -2.17. The molecule has 1 N–H and O–H groups in total. The molecule has 2 aromatic rings. The van der Waals surface area contributed by atoms with E-state index in [0.29, 0.717) is 5.57 Å². The summed E-state index contributed by atoms with van der Waals surface area (Å²) >= 11 is 0. The molecule has 0 fully saturated rings. The molecule has 0 aliphatic carbocycles. The Morgan fingerprint density at radius 2 is 1.81 bits per heavy atom. The van der Waals surface area contributed by atoms with E-state index in [9.17, 15) is 9.90 Å². The van der Waals surface area contributed by atoms with E-state index in [1.165, 1.54) is 0 Å². The fourth-order valence-electron chi connectivity index (χ4n) is 2.23. The first-order valence-electron chi connectivity index (χ1n) is 8.39. The van der Waals surface area contributed by atoms with Crippen LogP contribution in [-0.4, -0.2) is 21.0 Å². The molecule has 0 amide bonds. The lowest BCUT2D eigenvalue weighted by Gasteiger charge is -2.21. The zero-order valence-electron chi connectivity index (χ0n) is 15.6. The quantitative estimate of drug-likeness (QED) is 0.491. The molecular formula is C22H24N2O2. The molecule has 4 nitrogen and oxygen atoms in total. The summed E-state index contributed by atoms with van der Waals surface area (Å²) in [6.45, 7) is 7.44. The minimum Gasteiger partial charge on any atom is -0.478 e. The van der Waals surface area contributed by atoms with Crippen LogP contribution in [0.15, 0.2) is 66.8 Å². The number of carboxylic acid groups (broad SMARTS) is 1. The predicted octanol–water partition coefficient (Wildman–Crippen LogP) is 4.51. The highest BCUT2D eigenvalue weighted by atomic mass is 16.4. The average Bonchev–Trinajstić information content (AvgIpc) is 2.70. The van der Waals surface area contributed by atoms with Crippen LogP contribution in [0.1, 0.15) is 38.8 Å². The predicted molar refractivity (Wildman–Crippen MR) is 105 cm³/mol. The molecule has 0 aliphatic rings. The second kappa shape index (κ2) is 9.95. The van der Waals surface area contributed by atoms with Gasteiger partial charge >= 0.3 is 5.97 Å². The number of allylic oxidation sites excluding steroid dienone is 3. The van der Waals surface area contributed by atoms with Crippen LogP contribution in [0.3, 0.4) is 0 Å². The van der Waals surface area contributed by atoms with Gasteiger partial charge < -0.3 is 5.11 Å². The summed E-state index contributed by atoms with van der Waals surface area (Å²) in [5, 5.41) is 9.19. The van der Waals surface area contributed by atoms with Crippen LogP contribution in [0.4, 0.5) is 0 Å². The fraction of sp³-hybridized carbons (Fsp3) is 0.227. The Morgan fingerprint density at radius 3 is 2.27 bits per heavy atom. The first-order chi connectivity index (χ1) is 12.5. The molecule has 134 valence electrons. The summed E-state index contributed by atoms with van der Waals surface area (Å²) in [6, 6.07) is 7.38. The second-order valence-corrected chi connectivity index (χ2v) is 5.56. The standard InChI is InChI=1S/C20H18N2O2.C2H6/c1-4-20(3,18-8-6-10-22-14-18)12-17(11-15(2)19(23)24)16-7-5-9-21-13-16;1-2/h1,5-14H,2-3H3,(H,23,24);1-2H3/b15-11+,17-12+;. The number of hydrogen-bond donors (Lipinski definition) is 1. The van der Waals surface area contributed by atoms with Crippen LogP contribution in [0.2, 0.25) is 0 Å². The van der Waals surface area contributed by atoms with Gasteiger partial charge in [0.1, 0.15) is 0 Å². The minimum atomic E-state index is -0.978. The molecule has 0 saturated carbocycles. The van der Waals surface area contributed by atoms with Crippen molar-refractivity contribution in [3.8, 4) is 12.3 Å². The highest BCUT2D eigenvalue weighted by Crippen LogP contribution is 2.29. The van der Waals surface area contributed by atoms with Crippen molar-refractivity contribution < 1.29 is 9.90 Å². The lowest BCUT2D eigenvalue weighted by molar-refractivity contribution is -0.132. The number of aliphatic carboxylic acids is 1. The third-order valence-corrected chi connectivity index (χ3v) is 3.71. The van der Waals surface area contributed by atoms with Crippen LogP contribution in [0.25, 0.3) is 5.57 Å². The van der Waals surface area contributed by atoms with Crippen molar-refractivity contribution in [2.75, 3.05) is 0 Å². The summed E-state index contributed by atoms with van der Waals surface area (Å²) in [7, 11) is 0. The van der Waals surface area contributed by atoms with Crippen LogP contribution in [0, 0.1) is 12.3 Å². The van der Waals surface area contributed by atoms with Gasteiger partial charge in [0.15, 0.2) is 0 Å². The fourth-order valence-corrected chi connectivity index (χ4v) is 2.23. The van der Waals surface area contributed by atoms with Gasteiger partial charge in [-0.2, -0.15) is 0 Å². The topological polar surface area (TPSA) is 63.1 Å². The van der Waals surface area contributed by atoms with Crippen LogP contribution < -0.4 is 0 Å². The molecule has 0 aromatic carbocycles. The zero-order chi connectivity index (χ0) is 19.6. The van der Waals surface area contributed by atoms with Gasteiger partial charge in [-0.25, -0.2) is 4.79 Å². The highest BCUT2D eigenvalue weighted by Gasteiger charge is 2.22. The third-order valence-electron chi connectivity index (χ3n) is 3.71. The minimum absolute atomic E-state index is 0.218. The molecule has 1 atom stereocenters. The Hall–Kier alpha value is -3.19. The van der Waals surface area contributed by atoms with E-state index in [1.807, 2.05) is 45.0 Å². The molecule has 0 radical (unpaired) electrons. The molecule has 0 aliphatic heterocycles. The van der Waals surface area contributed by atoms with Crippen molar-refractivity contribution in [3.63, 3.8) is 0 Å². The van der Waals surface area contributed by atoms with Gasteiger partial charge in [0.05, 0.1) is 5.41 Å². The second-order valence-electron chi connectivity index (χ2n) is 5.56. The summed E-state index contributed by atoms with van der Waals surface area (Å²) in [5.74, 6) is 1.81. The number of pyridine rings is 2. The number of carboxylic acids is 1. The number of carbonyl (C=O) groups is 1. The summed E-state index contributed by atoms with van der Waals surface area (Å²) in [5.41, 5.74) is 1.84. The maximum atomic E-state index is 11.2. The summed E-state index contributed by atoms with van der Waals surface area (Å²) < 4.78 is 0. The molecular weight excluding hydrogens is 324 g/mol. The smallest absolute Gasteiger partial charge is 0.331 e. The Labute approximate surface area is 155 Å². The summed E-state index contributed by atoms with van der Waals surface area (Å²) in [6.07, 6.45) is 16.0. The molecule has 2 aromatic heterocycles. The SMILES string of the molecule is C#CC(C)(/C=C(\C=C(/C)C(=O)O)c1cccnc1)c1cccnc1.CC. The first kappa shape index (κ1) is 20.9. The van der Waals surface area contributed by atoms with Crippen molar-refractivity contribution in [3.05, 3.63) is 77.9 Å². The lowest BCUT2D eigenvalue weighted by atomic mass is 9.81. The maximum absolute atomic E-state index is 11.2. The van der Waals surface area contributed by atoms with Gasteiger partial charge in [0.25, 0.3) is 0 Å². The van der Waals surface area contributed by atoms with Gasteiger partial charge in [-0.05, 0) is 48.8 Å². The molecule has 1 unspecified atom stereocenters. The van der Waals surface area contributed by atoms with Gasteiger partial charge in [-0.3, -0.25) is 9.97 Å². The number of nitrogens with zero attached hydrogens (tertiary/aromatic N) is 2. The zero-order valence-corrected chi connectivity index (χ0v) is 15.6. The number of terminal acetylenes is 1. The van der Waals surface area contributed by atoms with E-state index in [2.05, 4.69) is 15.9 Å². The van der Waals surface area contributed by atoms with Gasteiger partial charge in [0, 0.05) is 30.4 Å². The molecule has 0 spiro atoms. The summed E-state index contributed by atoms with van der Waals surface area (Å²) in [4.78, 5) is 19.4. The monoisotopic (exact) mass is 348 g/mol. The van der Waals surface area contributed by atoms with Crippen molar-refractivity contribution in [1.29, 1.82) is 0 Å². The molecule has 0 saturated heterocycles. The van der Waals surface area contributed by atoms with Crippen molar-refractivity contribution >= 4 is 11.5 Å². The van der Waals surface area contributed by atoms with Crippen LogP contribution in [0.5, 0.6) is 0 Å². The van der Waals surface area contributed by atoms with Crippen molar-refractivity contribution in [1.82, 2.24) is 9.97 Å². The number of aromatic nitrogens is 2. The number of rotatable bonds is 5.